The maximum absolute atomic E-state index is 12.5. The summed E-state index contributed by atoms with van der Waals surface area (Å²) in [7, 11) is 0. The van der Waals surface area contributed by atoms with Gasteiger partial charge in [0, 0.05) is 16.1 Å². The summed E-state index contributed by atoms with van der Waals surface area (Å²) in [6, 6.07) is 8.21. The number of rotatable bonds is 4. The lowest BCUT2D eigenvalue weighted by molar-refractivity contribution is -0.385. The van der Waals surface area contributed by atoms with Crippen LogP contribution in [0.4, 0.5) is 18.9 Å². The fourth-order valence-electron chi connectivity index (χ4n) is 2.26. The van der Waals surface area contributed by atoms with E-state index >= 15 is 0 Å². The Labute approximate surface area is 139 Å². The van der Waals surface area contributed by atoms with Crippen LogP contribution < -0.4 is 0 Å². The van der Waals surface area contributed by atoms with Crippen LogP contribution in [0.3, 0.4) is 0 Å². The van der Waals surface area contributed by atoms with Crippen LogP contribution in [0, 0.1) is 17.0 Å². The van der Waals surface area contributed by atoms with Gasteiger partial charge in [0.2, 0.25) is 0 Å². The van der Waals surface area contributed by atoms with Crippen LogP contribution in [0.15, 0.2) is 40.9 Å². The summed E-state index contributed by atoms with van der Waals surface area (Å²) in [4.78, 5) is 10.4. The average Bonchev–Trinajstić information content (AvgIpc) is 2.47. The molecule has 2 aromatic rings. The van der Waals surface area contributed by atoms with Crippen molar-refractivity contribution in [2.24, 2.45) is 0 Å². The largest absolute Gasteiger partial charge is 0.416 e. The van der Waals surface area contributed by atoms with Gasteiger partial charge in [-0.3, -0.25) is 10.1 Å². The molecular formula is C16H13BrF3NO2. The van der Waals surface area contributed by atoms with E-state index in [9.17, 15) is 23.3 Å². The summed E-state index contributed by atoms with van der Waals surface area (Å²) in [6.45, 7) is 1.66. The zero-order valence-electron chi connectivity index (χ0n) is 12.2. The fraction of sp³-hybridized carbons (Fsp3) is 0.250. The summed E-state index contributed by atoms with van der Waals surface area (Å²) in [5.41, 5.74) is 1.58. The van der Waals surface area contributed by atoms with Gasteiger partial charge in [-0.1, -0.05) is 28.1 Å². The van der Waals surface area contributed by atoms with Gasteiger partial charge in [0.1, 0.15) is 0 Å². The van der Waals surface area contributed by atoms with Crippen molar-refractivity contribution < 1.29 is 18.1 Å². The van der Waals surface area contributed by atoms with Crippen LogP contribution >= 0.6 is 15.9 Å². The van der Waals surface area contributed by atoms with Crippen molar-refractivity contribution in [1.82, 2.24) is 0 Å². The first-order valence-electron chi connectivity index (χ1n) is 6.78. The Morgan fingerprint density at radius 2 is 1.74 bits per heavy atom. The van der Waals surface area contributed by atoms with Gasteiger partial charge < -0.3 is 0 Å². The second-order valence-corrected chi connectivity index (χ2v) is 6.04. The number of hydrogen-bond donors (Lipinski definition) is 0. The lowest BCUT2D eigenvalue weighted by Crippen LogP contribution is -2.04. The normalized spacial score (nSPS) is 11.5. The van der Waals surface area contributed by atoms with E-state index < -0.39 is 16.7 Å². The lowest BCUT2D eigenvalue weighted by Gasteiger charge is -2.09. The van der Waals surface area contributed by atoms with Gasteiger partial charge in [-0.05, 0) is 49.1 Å². The number of nitro groups is 1. The third kappa shape index (κ3) is 4.31. The van der Waals surface area contributed by atoms with Gasteiger partial charge in [0.05, 0.1) is 10.5 Å². The van der Waals surface area contributed by atoms with Gasteiger partial charge >= 0.3 is 6.18 Å². The van der Waals surface area contributed by atoms with E-state index in [1.54, 1.807) is 13.0 Å². The highest BCUT2D eigenvalue weighted by molar-refractivity contribution is 9.10. The minimum atomic E-state index is -4.34. The number of alkyl halides is 3. The predicted octanol–water partition coefficient (Wildman–Crippen LogP) is 5.47. The molecule has 0 fully saturated rings. The maximum Gasteiger partial charge on any atom is 0.416 e. The first-order valence-corrected chi connectivity index (χ1v) is 7.57. The summed E-state index contributed by atoms with van der Waals surface area (Å²) in [5, 5.41) is 10.9. The van der Waals surface area contributed by atoms with Crippen molar-refractivity contribution in [3.05, 3.63) is 73.2 Å². The van der Waals surface area contributed by atoms with Crippen molar-refractivity contribution in [1.29, 1.82) is 0 Å². The van der Waals surface area contributed by atoms with E-state index in [1.165, 1.54) is 18.2 Å². The Morgan fingerprint density at radius 3 is 2.26 bits per heavy atom. The van der Waals surface area contributed by atoms with Crippen molar-refractivity contribution in [3.63, 3.8) is 0 Å². The molecule has 122 valence electrons. The summed E-state index contributed by atoms with van der Waals surface area (Å²) in [5.74, 6) is 0. The van der Waals surface area contributed by atoms with E-state index in [0.29, 0.717) is 22.9 Å². The van der Waals surface area contributed by atoms with Crippen LogP contribution in [0.5, 0.6) is 0 Å². The first-order chi connectivity index (χ1) is 10.7. The molecule has 3 nitrogen and oxygen atoms in total. The quantitative estimate of drug-likeness (QED) is 0.515. The molecule has 2 aromatic carbocycles. The maximum atomic E-state index is 12.5. The summed E-state index contributed by atoms with van der Waals surface area (Å²) < 4.78 is 38.2. The predicted molar refractivity (Wildman–Crippen MR) is 84.4 cm³/mol. The van der Waals surface area contributed by atoms with Gasteiger partial charge in [0.15, 0.2) is 0 Å². The molecular weight excluding hydrogens is 375 g/mol. The van der Waals surface area contributed by atoms with Crippen LogP contribution in [0.2, 0.25) is 0 Å². The van der Waals surface area contributed by atoms with E-state index in [4.69, 9.17) is 0 Å². The number of hydrogen-bond acceptors (Lipinski definition) is 2. The van der Waals surface area contributed by atoms with Gasteiger partial charge in [0.25, 0.3) is 5.69 Å². The Hall–Kier alpha value is -1.89. The van der Waals surface area contributed by atoms with Crippen LogP contribution in [0.25, 0.3) is 0 Å². The molecule has 0 heterocycles. The van der Waals surface area contributed by atoms with Crippen LogP contribution in [0.1, 0.15) is 22.3 Å². The van der Waals surface area contributed by atoms with Crippen LogP contribution in [-0.2, 0) is 19.0 Å². The van der Waals surface area contributed by atoms with E-state index in [0.717, 1.165) is 23.3 Å². The monoisotopic (exact) mass is 387 g/mol. The number of aryl methyl sites for hydroxylation is 3. The Bertz CT molecular complexity index is 727. The smallest absolute Gasteiger partial charge is 0.258 e. The molecule has 0 aromatic heterocycles. The zero-order valence-corrected chi connectivity index (χ0v) is 13.7. The van der Waals surface area contributed by atoms with Gasteiger partial charge in [-0.25, -0.2) is 0 Å². The SMILES string of the molecule is Cc1cc(CCc2ccc(C(F)(F)F)cc2)c(Br)cc1[N+](=O)[O-]. The molecule has 0 saturated heterocycles. The zero-order chi connectivity index (χ0) is 17.2. The third-order valence-corrected chi connectivity index (χ3v) is 4.26. The highest BCUT2D eigenvalue weighted by Gasteiger charge is 2.29. The molecule has 0 spiro atoms. The van der Waals surface area contributed by atoms with Crippen molar-refractivity contribution in [2.75, 3.05) is 0 Å². The summed E-state index contributed by atoms with van der Waals surface area (Å²) >= 11 is 3.31. The van der Waals surface area contributed by atoms with E-state index in [-0.39, 0.29) is 5.69 Å². The van der Waals surface area contributed by atoms with Crippen molar-refractivity contribution in [2.45, 2.75) is 25.9 Å². The molecule has 0 N–H and O–H groups in total. The molecule has 0 bridgehead atoms. The molecule has 2 rings (SSSR count). The highest BCUT2D eigenvalue weighted by atomic mass is 79.9. The van der Waals surface area contributed by atoms with Gasteiger partial charge in [-0.2, -0.15) is 13.2 Å². The van der Waals surface area contributed by atoms with E-state index in [1.807, 2.05) is 0 Å². The first kappa shape index (κ1) is 17.5. The van der Waals surface area contributed by atoms with Crippen LogP contribution in [-0.4, -0.2) is 4.92 Å². The average molecular weight is 388 g/mol. The number of halogens is 4. The van der Waals surface area contributed by atoms with E-state index in [2.05, 4.69) is 15.9 Å². The number of benzene rings is 2. The molecule has 0 radical (unpaired) electrons. The second kappa shape index (κ2) is 6.70. The van der Waals surface area contributed by atoms with Crippen molar-refractivity contribution in [3.8, 4) is 0 Å². The minimum absolute atomic E-state index is 0.0372. The minimum Gasteiger partial charge on any atom is -0.258 e. The lowest BCUT2D eigenvalue weighted by atomic mass is 10.0. The summed E-state index contributed by atoms with van der Waals surface area (Å²) in [6.07, 6.45) is -3.21. The highest BCUT2D eigenvalue weighted by Crippen LogP contribution is 2.30. The molecule has 0 unspecified atom stereocenters. The Kier molecular flexibility index (Phi) is 5.09. The standard InChI is InChI=1S/C16H13BrF3NO2/c1-10-8-12(14(17)9-15(10)21(22)23)5-2-11-3-6-13(7-4-11)16(18,19)20/h3-4,6-9H,2,5H2,1H3. The molecule has 0 amide bonds. The molecule has 0 aliphatic rings. The Morgan fingerprint density at radius 1 is 1.13 bits per heavy atom. The fourth-order valence-corrected chi connectivity index (χ4v) is 2.79. The number of nitro benzene ring substituents is 1. The van der Waals surface area contributed by atoms with Gasteiger partial charge in [-0.15, -0.1) is 0 Å². The third-order valence-electron chi connectivity index (χ3n) is 3.53. The molecule has 0 atom stereocenters. The molecule has 7 heteroatoms. The molecule has 0 aliphatic carbocycles. The molecule has 0 saturated carbocycles. The van der Waals surface area contributed by atoms with Crippen molar-refractivity contribution >= 4 is 21.6 Å². The topological polar surface area (TPSA) is 43.1 Å². The number of nitrogens with zero attached hydrogens (tertiary/aromatic N) is 1. The second-order valence-electron chi connectivity index (χ2n) is 5.18. The Balaban J connectivity index is 2.12. The molecule has 23 heavy (non-hydrogen) atoms. The molecule has 0 aliphatic heterocycles.